The topological polar surface area (TPSA) is 104 Å². The fourth-order valence-corrected chi connectivity index (χ4v) is 2.42. The van der Waals surface area contributed by atoms with Crippen LogP contribution in [-0.2, 0) is 0 Å². The second kappa shape index (κ2) is 5.87. The molecule has 1 saturated heterocycles. The lowest BCUT2D eigenvalue weighted by atomic mass is 9.97. The van der Waals surface area contributed by atoms with Crippen LogP contribution in [0.2, 0.25) is 0 Å². The number of aromatic carboxylic acids is 1. The maximum absolute atomic E-state index is 11.1. The molecule has 0 atom stereocenters. The summed E-state index contributed by atoms with van der Waals surface area (Å²) in [5.74, 6) is -1.02. The summed E-state index contributed by atoms with van der Waals surface area (Å²) >= 11 is 0. The summed E-state index contributed by atoms with van der Waals surface area (Å²) in [6, 6.07) is 4.15. The van der Waals surface area contributed by atoms with Crippen LogP contribution in [0.4, 0.5) is 11.4 Å². The lowest BCUT2D eigenvalue weighted by molar-refractivity contribution is -0.385. The predicted molar refractivity (Wildman–Crippen MR) is 72.1 cm³/mol. The maximum Gasteiger partial charge on any atom is 0.342 e. The molecule has 2 N–H and O–H groups in total. The molecule has 7 heteroatoms. The molecule has 7 nitrogen and oxygen atoms in total. The van der Waals surface area contributed by atoms with Gasteiger partial charge < -0.3 is 15.1 Å². The smallest absolute Gasteiger partial charge is 0.342 e. The zero-order chi connectivity index (χ0) is 14.7. The number of carboxylic acid groups (broad SMARTS) is 1. The lowest BCUT2D eigenvalue weighted by Gasteiger charge is -2.32. The lowest BCUT2D eigenvalue weighted by Crippen LogP contribution is -2.34. The number of hydrogen-bond acceptors (Lipinski definition) is 5. The van der Waals surface area contributed by atoms with E-state index in [-0.39, 0.29) is 18.1 Å². The average molecular weight is 280 g/mol. The van der Waals surface area contributed by atoms with Gasteiger partial charge in [-0.05, 0) is 30.9 Å². The SMILES string of the molecule is O=C(O)c1cc(N2CCC(CO)CC2)ccc1[N+](=O)[O-]. The third-order valence-corrected chi connectivity index (χ3v) is 3.65. The molecule has 1 aromatic carbocycles. The Labute approximate surface area is 115 Å². The molecule has 1 heterocycles. The fraction of sp³-hybridized carbons (Fsp3) is 0.462. The van der Waals surface area contributed by atoms with Gasteiger partial charge in [-0.25, -0.2) is 4.79 Å². The van der Waals surface area contributed by atoms with Gasteiger partial charge in [0.1, 0.15) is 5.56 Å². The molecule has 1 aromatic rings. The van der Waals surface area contributed by atoms with Gasteiger partial charge in [0, 0.05) is 31.5 Å². The largest absolute Gasteiger partial charge is 0.477 e. The van der Waals surface area contributed by atoms with E-state index in [1.165, 1.54) is 12.1 Å². The standard InChI is InChI=1S/C13H16N2O5/c16-8-9-3-5-14(6-4-9)10-1-2-12(15(19)20)11(7-10)13(17)18/h1-2,7,9,16H,3-6,8H2,(H,17,18). The number of carboxylic acids is 1. The molecule has 0 unspecified atom stereocenters. The zero-order valence-corrected chi connectivity index (χ0v) is 10.9. The molecule has 0 radical (unpaired) electrons. The van der Waals surface area contributed by atoms with Crippen LogP contribution in [0.5, 0.6) is 0 Å². The van der Waals surface area contributed by atoms with Crippen molar-refractivity contribution in [1.82, 2.24) is 0 Å². The fourth-order valence-electron chi connectivity index (χ4n) is 2.42. The molecule has 0 aromatic heterocycles. The Hall–Kier alpha value is -2.15. The molecular weight excluding hydrogens is 264 g/mol. The average Bonchev–Trinajstić information content (AvgIpc) is 2.46. The van der Waals surface area contributed by atoms with E-state index in [0.717, 1.165) is 12.8 Å². The molecule has 0 spiro atoms. The summed E-state index contributed by atoms with van der Waals surface area (Å²) in [4.78, 5) is 23.2. The first-order chi connectivity index (χ1) is 9.52. The summed E-state index contributed by atoms with van der Waals surface area (Å²) in [7, 11) is 0. The van der Waals surface area contributed by atoms with Crippen molar-refractivity contribution in [2.45, 2.75) is 12.8 Å². The molecule has 1 fully saturated rings. The van der Waals surface area contributed by atoms with Gasteiger partial charge in [0.25, 0.3) is 5.69 Å². The van der Waals surface area contributed by atoms with Crippen LogP contribution >= 0.6 is 0 Å². The Morgan fingerprint density at radius 1 is 1.40 bits per heavy atom. The van der Waals surface area contributed by atoms with Crippen molar-refractivity contribution in [1.29, 1.82) is 0 Å². The second-order valence-corrected chi connectivity index (χ2v) is 4.88. The van der Waals surface area contributed by atoms with Crippen LogP contribution in [0.15, 0.2) is 18.2 Å². The number of anilines is 1. The van der Waals surface area contributed by atoms with Crippen LogP contribution in [0.3, 0.4) is 0 Å². The number of hydrogen-bond donors (Lipinski definition) is 2. The van der Waals surface area contributed by atoms with E-state index in [0.29, 0.717) is 18.8 Å². The minimum Gasteiger partial charge on any atom is -0.477 e. The Kier molecular flexibility index (Phi) is 4.19. The van der Waals surface area contributed by atoms with E-state index in [2.05, 4.69) is 0 Å². The Bertz CT molecular complexity index is 523. The van der Waals surface area contributed by atoms with E-state index < -0.39 is 16.6 Å². The van der Waals surface area contributed by atoms with Crippen LogP contribution in [0.25, 0.3) is 0 Å². The van der Waals surface area contributed by atoms with Crippen LogP contribution in [-0.4, -0.2) is 40.8 Å². The van der Waals surface area contributed by atoms with Gasteiger partial charge >= 0.3 is 5.97 Å². The van der Waals surface area contributed by atoms with Crippen molar-refractivity contribution in [2.75, 3.05) is 24.6 Å². The van der Waals surface area contributed by atoms with Crippen molar-refractivity contribution in [2.24, 2.45) is 5.92 Å². The summed E-state index contributed by atoms with van der Waals surface area (Å²) in [6.07, 6.45) is 1.66. The first kappa shape index (κ1) is 14.3. The van der Waals surface area contributed by atoms with Gasteiger partial charge in [0.15, 0.2) is 0 Å². The van der Waals surface area contributed by atoms with Crippen molar-refractivity contribution in [3.63, 3.8) is 0 Å². The van der Waals surface area contributed by atoms with Gasteiger partial charge in [0.2, 0.25) is 0 Å². The van der Waals surface area contributed by atoms with Crippen LogP contribution in [0, 0.1) is 16.0 Å². The monoisotopic (exact) mass is 280 g/mol. The Balaban J connectivity index is 2.24. The first-order valence-corrected chi connectivity index (χ1v) is 6.40. The number of rotatable bonds is 4. The third-order valence-electron chi connectivity index (χ3n) is 3.65. The number of aliphatic hydroxyl groups is 1. The highest BCUT2D eigenvalue weighted by atomic mass is 16.6. The van der Waals surface area contributed by atoms with Crippen LogP contribution < -0.4 is 4.90 Å². The normalized spacial score (nSPS) is 16.1. The highest BCUT2D eigenvalue weighted by molar-refractivity contribution is 5.93. The Morgan fingerprint density at radius 2 is 2.05 bits per heavy atom. The van der Waals surface area contributed by atoms with Crippen molar-refractivity contribution < 1.29 is 19.9 Å². The van der Waals surface area contributed by atoms with Crippen molar-refractivity contribution in [3.8, 4) is 0 Å². The summed E-state index contributed by atoms with van der Waals surface area (Å²) in [6.45, 7) is 1.58. The van der Waals surface area contributed by atoms with Gasteiger partial charge in [-0.15, -0.1) is 0 Å². The van der Waals surface area contributed by atoms with Crippen molar-refractivity contribution in [3.05, 3.63) is 33.9 Å². The second-order valence-electron chi connectivity index (χ2n) is 4.88. The summed E-state index contributed by atoms with van der Waals surface area (Å²) in [5.41, 5.74) is -0.0207. The van der Waals surface area contributed by atoms with E-state index in [1.807, 2.05) is 4.90 Å². The maximum atomic E-state index is 11.1. The number of benzene rings is 1. The molecule has 0 saturated carbocycles. The molecule has 1 aliphatic heterocycles. The molecule has 20 heavy (non-hydrogen) atoms. The first-order valence-electron chi connectivity index (χ1n) is 6.40. The van der Waals surface area contributed by atoms with Crippen molar-refractivity contribution >= 4 is 17.3 Å². The number of piperidine rings is 1. The predicted octanol–water partition coefficient (Wildman–Crippen LogP) is 1.50. The highest BCUT2D eigenvalue weighted by Crippen LogP contribution is 2.28. The van der Waals surface area contributed by atoms with E-state index >= 15 is 0 Å². The van der Waals surface area contributed by atoms with Gasteiger partial charge in [-0.2, -0.15) is 0 Å². The number of nitro groups is 1. The highest BCUT2D eigenvalue weighted by Gasteiger charge is 2.23. The third kappa shape index (κ3) is 2.88. The van der Waals surface area contributed by atoms with E-state index in [1.54, 1.807) is 6.07 Å². The molecule has 108 valence electrons. The van der Waals surface area contributed by atoms with E-state index in [4.69, 9.17) is 10.2 Å². The van der Waals surface area contributed by atoms with Crippen LogP contribution in [0.1, 0.15) is 23.2 Å². The van der Waals surface area contributed by atoms with Gasteiger partial charge in [0.05, 0.1) is 4.92 Å². The quantitative estimate of drug-likeness (QED) is 0.639. The molecule has 0 bridgehead atoms. The molecular formula is C13H16N2O5. The molecule has 2 rings (SSSR count). The Morgan fingerprint density at radius 3 is 2.55 bits per heavy atom. The number of nitro benzene ring substituents is 1. The number of nitrogens with zero attached hydrogens (tertiary/aromatic N) is 2. The molecule has 0 aliphatic carbocycles. The number of carbonyl (C=O) groups is 1. The molecule has 0 amide bonds. The van der Waals surface area contributed by atoms with Gasteiger partial charge in [-0.3, -0.25) is 10.1 Å². The summed E-state index contributed by atoms with van der Waals surface area (Å²) in [5, 5.41) is 28.9. The van der Waals surface area contributed by atoms with Gasteiger partial charge in [-0.1, -0.05) is 0 Å². The number of aliphatic hydroxyl groups excluding tert-OH is 1. The molecule has 1 aliphatic rings. The zero-order valence-electron chi connectivity index (χ0n) is 10.9. The van der Waals surface area contributed by atoms with E-state index in [9.17, 15) is 14.9 Å². The minimum atomic E-state index is -1.30. The summed E-state index contributed by atoms with van der Waals surface area (Å²) < 4.78 is 0. The minimum absolute atomic E-state index is 0.161.